The highest BCUT2D eigenvalue weighted by molar-refractivity contribution is 6.80. The first-order chi connectivity index (χ1) is 10.7. The summed E-state index contributed by atoms with van der Waals surface area (Å²) in [4.78, 5) is 0. The highest BCUT2D eigenvalue weighted by Crippen LogP contribution is 2.33. The molecule has 0 bridgehead atoms. The predicted molar refractivity (Wildman–Crippen MR) is 102 cm³/mol. The van der Waals surface area contributed by atoms with E-state index < -0.39 is 8.80 Å². The number of rotatable bonds is 2. The zero-order valence-electron chi connectivity index (χ0n) is 13.4. The summed E-state index contributed by atoms with van der Waals surface area (Å²) < 4.78 is 0. The third-order valence-corrected chi connectivity index (χ3v) is 8.30. The SMILES string of the molecule is C/C=C(\C)[SiH](C)c1ccc2ccc3cccc4ccc1c2c34. The average molecular weight is 300 g/mol. The highest BCUT2D eigenvalue weighted by Gasteiger charge is 2.15. The zero-order chi connectivity index (χ0) is 15.3. The molecule has 22 heavy (non-hydrogen) atoms. The molecule has 0 saturated heterocycles. The lowest BCUT2D eigenvalue weighted by molar-refractivity contribution is 1.55. The zero-order valence-corrected chi connectivity index (χ0v) is 14.5. The average Bonchev–Trinajstić information content (AvgIpc) is 2.58. The lowest BCUT2D eigenvalue weighted by Gasteiger charge is -2.17. The Bertz CT molecular complexity index is 995. The van der Waals surface area contributed by atoms with Gasteiger partial charge in [-0.05, 0) is 46.2 Å². The second-order valence-electron chi connectivity index (χ2n) is 6.27. The molecule has 4 aromatic carbocycles. The molecule has 108 valence electrons. The van der Waals surface area contributed by atoms with Crippen LogP contribution in [0.25, 0.3) is 32.3 Å². The molecule has 0 spiro atoms. The van der Waals surface area contributed by atoms with Crippen LogP contribution in [0.3, 0.4) is 0 Å². The van der Waals surface area contributed by atoms with Crippen LogP contribution in [-0.2, 0) is 0 Å². The third-order valence-electron chi connectivity index (χ3n) is 5.17. The van der Waals surface area contributed by atoms with Crippen molar-refractivity contribution in [2.24, 2.45) is 0 Å². The number of hydrogen-bond donors (Lipinski definition) is 0. The molecule has 1 atom stereocenters. The molecule has 0 aliphatic rings. The largest absolute Gasteiger partial charge is 0.0946 e. The molecule has 0 aliphatic carbocycles. The Balaban J connectivity index is 2.17. The maximum Gasteiger partial charge on any atom is 0.0946 e. The van der Waals surface area contributed by atoms with Gasteiger partial charge in [0.05, 0.1) is 8.80 Å². The van der Waals surface area contributed by atoms with E-state index in [-0.39, 0.29) is 0 Å². The number of allylic oxidation sites excluding steroid dienone is 2. The molecule has 4 rings (SSSR count). The van der Waals surface area contributed by atoms with Crippen molar-refractivity contribution in [1.29, 1.82) is 0 Å². The smallest absolute Gasteiger partial charge is 0.0925 e. The van der Waals surface area contributed by atoms with Crippen molar-refractivity contribution in [3.8, 4) is 0 Å². The van der Waals surface area contributed by atoms with E-state index in [4.69, 9.17) is 0 Å². The quantitative estimate of drug-likeness (QED) is 0.354. The van der Waals surface area contributed by atoms with Gasteiger partial charge in [-0.3, -0.25) is 0 Å². The summed E-state index contributed by atoms with van der Waals surface area (Å²) >= 11 is 0. The molecule has 1 heteroatoms. The first kappa shape index (κ1) is 13.5. The first-order valence-corrected chi connectivity index (χ1v) is 10.3. The number of hydrogen-bond acceptors (Lipinski definition) is 0. The van der Waals surface area contributed by atoms with Gasteiger partial charge in [0, 0.05) is 0 Å². The summed E-state index contributed by atoms with van der Waals surface area (Å²) in [7, 11) is -1.06. The molecule has 0 fully saturated rings. The highest BCUT2D eigenvalue weighted by atomic mass is 28.3. The molecule has 0 amide bonds. The van der Waals surface area contributed by atoms with E-state index >= 15 is 0 Å². The second kappa shape index (κ2) is 4.96. The predicted octanol–water partition coefficient (Wildman–Crippen LogP) is 5.15. The Morgan fingerprint density at radius 2 is 1.41 bits per heavy atom. The Morgan fingerprint density at radius 3 is 2.09 bits per heavy atom. The fraction of sp³-hybridized carbons (Fsp3) is 0.143. The van der Waals surface area contributed by atoms with Gasteiger partial charge in [-0.2, -0.15) is 0 Å². The van der Waals surface area contributed by atoms with Gasteiger partial charge in [-0.25, -0.2) is 0 Å². The fourth-order valence-electron chi connectivity index (χ4n) is 3.63. The standard InChI is InChI=1S/C21H20Si/c1-4-14(2)22(3)19-13-11-17-9-8-15-6-5-7-16-10-12-18(19)21(17)20(15)16/h4-13,22H,1-3H3/b14-4+. The Morgan fingerprint density at radius 1 is 0.818 bits per heavy atom. The summed E-state index contributed by atoms with van der Waals surface area (Å²) in [5.41, 5.74) is 0. The van der Waals surface area contributed by atoms with E-state index in [1.807, 2.05) is 0 Å². The van der Waals surface area contributed by atoms with Crippen molar-refractivity contribution < 1.29 is 0 Å². The van der Waals surface area contributed by atoms with Crippen molar-refractivity contribution in [3.63, 3.8) is 0 Å². The van der Waals surface area contributed by atoms with E-state index in [2.05, 4.69) is 81.1 Å². The summed E-state index contributed by atoms with van der Waals surface area (Å²) in [5.74, 6) is 0. The minimum atomic E-state index is -1.06. The van der Waals surface area contributed by atoms with Crippen molar-refractivity contribution in [2.75, 3.05) is 0 Å². The van der Waals surface area contributed by atoms with Gasteiger partial charge < -0.3 is 0 Å². The van der Waals surface area contributed by atoms with Crippen molar-refractivity contribution in [2.45, 2.75) is 20.4 Å². The van der Waals surface area contributed by atoms with Gasteiger partial charge in [0.15, 0.2) is 0 Å². The summed E-state index contributed by atoms with van der Waals surface area (Å²) in [5, 5.41) is 11.5. The lowest BCUT2D eigenvalue weighted by atomic mass is 9.94. The monoisotopic (exact) mass is 300 g/mol. The van der Waals surface area contributed by atoms with E-state index in [1.165, 1.54) is 32.3 Å². The normalized spacial score (nSPS) is 14.2. The second-order valence-corrected chi connectivity index (χ2v) is 9.24. The van der Waals surface area contributed by atoms with Gasteiger partial charge in [-0.15, -0.1) is 0 Å². The molecule has 0 N–H and O–H groups in total. The Labute approximate surface area is 133 Å². The van der Waals surface area contributed by atoms with Crippen LogP contribution in [0, 0.1) is 0 Å². The van der Waals surface area contributed by atoms with Gasteiger partial charge in [0.1, 0.15) is 0 Å². The summed E-state index contributed by atoms with van der Waals surface area (Å²) in [6.07, 6.45) is 2.29. The molecule has 0 aliphatic heterocycles. The van der Waals surface area contributed by atoms with Crippen LogP contribution >= 0.6 is 0 Å². The molecule has 4 aromatic rings. The van der Waals surface area contributed by atoms with Crippen molar-refractivity contribution >= 4 is 46.3 Å². The molecular formula is C21H20Si. The van der Waals surface area contributed by atoms with Crippen LogP contribution in [0.4, 0.5) is 0 Å². The third kappa shape index (κ3) is 1.82. The maximum absolute atomic E-state index is 2.45. The van der Waals surface area contributed by atoms with Crippen LogP contribution in [0.5, 0.6) is 0 Å². The van der Waals surface area contributed by atoms with Gasteiger partial charge in [0.25, 0.3) is 0 Å². The molecule has 0 radical (unpaired) electrons. The minimum Gasteiger partial charge on any atom is -0.0925 e. The molecular weight excluding hydrogens is 280 g/mol. The Kier molecular flexibility index (Phi) is 3.05. The van der Waals surface area contributed by atoms with Crippen LogP contribution < -0.4 is 5.19 Å². The lowest BCUT2D eigenvalue weighted by Crippen LogP contribution is -2.28. The number of benzene rings is 4. The van der Waals surface area contributed by atoms with Crippen molar-refractivity contribution in [1.82, 2.24) is 0 Å². The summed E-state index contributed by atoms with van der Waals surface area (Å²) in [6.45, 7) is 6.89. The first-order valence-electron chi connectivity index (χ1n) is 8.00. The van der Waals surface area contributed by atoms with Gasteiger partial charge in [0.2, 0.25) is 0 Å². The molecule has 0 saturated carbocycles. The minimum absolute atomic E-state index is 1.06. The van der Waals surface area contributed by atoms with Crippen LogP contribution in [-0.4, -0.2) is 8.80 Å². The molecule has 0 nitrogen and oxygen atoms in total. The van der Waals surface area contributed by atoms with Gasteiger partial charge in [-0.1, -0.05) is 77.6 Å². The maximum atomic E-state index is 2.45. The molecule has 0 heterocycles. The fourth-order valence-corrected chi connectivity index (χ4v) is 5.71. The molecule has 0 aromatic heterocycles. The topological polar surface area (TPSA) is 0 Å². The van der Waals surface area contributed by atoms with E-state index in [0.29, 0.717) is 0 Å². The van der Waals surface area contributed by atoms with E-state index in [1.54, 1.807) is 10.4 Å². The van der Waals surface area contributed by atoms with E-state index in [9.17, 15) is 0 Å². The van der Waals surface area contributed by atoms with E-state index in [0.717, 1.165) is 0 Å². The van der Waals surface area contributed by atoms with Crippen LogP contribution in [0.1, 0.15) is 13.8 Å². The van der Waals surface area contributed by atoms with Crippen LogP contribution in [0.15, 0.2) is 65.9 Å². The van der Waals surface area contributed by atoms with Crippen LogP contribution in [0.2, 0.25) is 6.55 Å². The van der Waals surface area contributed by atoms with Crippen molar-refractivity contribution in [3.05, 3.63) is 65.9 Å². The summed E-state index contributed by atoms with van der Waals surface area (Å²) in [6, 6.07) is 20.4. The Hall–Kier alpha value is -2.12. The van der Waals surface area contributed by atoms with Gasteiger partial charge >= 0.3 is 0 Å². The molecule has 1 unspecified atom stereocenters.